The molecule has 0 aliphatic heterocycles. The predicted molar refractivity (Wildman–Crippen MR) is 78.6 cm³/mol. The molecule has 0 radical (unpaired) electrons. The van der Waals surface area contributed by atoms with Crippen LogP contribution in [0.3, 0.4) is 0 Å². The first-order chi connectivity index (χ1) is 9.29. The number of rotatable bonds is 7. The van der Waals surface area contributed by atoms with Gasteiger partial charge in [-0.3, -0.25) is 0 Å². The molecule has 0 fully saturated rings. The van der Waals surface area contributed by atoms with E-state index in [1.54, 1.807) is 18.0 Å². The van der Waals surface area contributed by atoms with E-state index in [0.717, 1.165) is 35.9 Å². The Balaban J connectivity index is 1.68. The summed E-state index contributed by atoms with van der Waals surface area (Å²) in [6, 6.07) is 9.94. The molecule has 3 nitrogen and oxygen atoms in total. The second kappa shape index (κ2) is 7.26. The average molecular weight is 277 g/mol. The molecule has 1 aromatic heterocycles. The van der Waals surface area contributed by atoms with Gasteiger partial charge in [0.1, 0.15) is 11.5 Å². The molecular weight excluding hydrogens is 258 g/mol. The predicted octanol–water partition coefficient (Wildman–Crippen LogP) is 3.61. The van der Waals surface area contributed by atoms with Crippen LogP contribution in [0.1, 0.15) is 17.7 Å². The van der Waals surface area contributed by atoms with Gasteiger partial charge in [-0.15, -0.1) is 11.8 Å². The fraction of sp³-hybridized carbons (Fsp3) is 0.333. The van der Waals surface area contributed by atoms with Gasteiger partial charge >= 0.3 is 0 Å². The largest absolute Gasteiger partial charge is 0.494 e. The van der Waals surface area contributed by atoms with E-state index < -0.39 is 0 Å². The Kier molecular flexibility index (Phi) is 5.36. The summed E-state index contributed by atoms with van der Waals surface area (Å²) in [5.74, 6) is 2.91. The molecule has 0 aliphatic rings. The van der Waals surface area contributed by atoms with Crippen molar-refractivity contribution in [2.45, 2.75) is 24.8 Å². The van der Waals surface area contributed by atoms with E-state index in [1.807, 2.05) is 37.3 Å². The van der Waals surface area contributed by atoms with Gasteiger partial charge in [0.05, 0.1) is 12.9 Å². The van der Waals surface area contributed by atoms with Crippen molar-refractivity contribution in [2.24, 2.45) is 5.73 Å². The second-order valence-corrected chi connectivity index (χ2v) is 5.38. The number of benzene rings is 1. The Hall–Kier alpha value is -1.39. The normalized spacial score (nSPS) is 10.6. The molecule has 0 atom stereocenters. The topological polar surface area (TPSA) is 48.4 Å². The number of hydrogen-bond donors (Lipinski definition) is 1. The van der Waals surface area contributed by atoms with Crippen molar-refractivity contribution in [3.8, 4) is 5.75 Å². The fourth-order valence-corrected chi connectivity index (χ4v) is 2.60. The van der Waals surface area contributed by atoms with Crippen LogP contribution in [0.5, 0.6) is 5.75 Å². The minimum absolute atomic E-state index is 0.548. The molecule has 1 heterocycles. The summed E-state index contributed by atoms with van der Waals surface area (Å²) in [6.45, 7) is 3.25. The van der Waals surface area contributed by atoms with E-state index in [-0.39, 0.29) is 0 Å². The van der Waals surface area contributed by atoms with Crippen LogP contribution in [-0.2, 0) is 6.54 Å². The van der Waals surface area contributed by atoms with E-state index in [4.69, 9.17) is 14.9 Å². The Morgan fingerprint density at radius 2 is 2.21 bits per heavy atom. The zero-order chi connectivity index (χ0) is 13.5. The number of aryl methyl sites for hydroxylation is 1. The summed E-state index contributed by atoms with van der Waals surface area (Å²) in [4.78, 5) is 1.21. The zero-order valence-corrected chi connectivity index (χ0v) is 11.9. The summed E-state index contributed by atoms with van der Waals surface area (Å²) < 4.78 is 11.0. The quantitative estimate of drug-likeness (QED) is 0.620. The summed E-state index contributed by atoms with van der Waals surface area (Å²) in [5.41, 5.74) is 6.69. The SMILES string of the molecule is Cc1occc1SCCCOc1cccc(CN)c1. The van der Waals surface area contributed by atoms with Crippen molar-refractivity contribution in [1.29, 1.82) is 0 Å². The maximum Gasteiger partial charge on any atom is 0.119 e. The van der Waals surface area contributed by atoms with Crippen LogP contribution in [0.2, 0.25) is 0 Å². The van der Waals surface area contributed by atoms with Gasteiger partial charge < -0.3 is 14.9 Å². The number of hydrogen-bond acceptors (Lipinski definition) is 4. The van der Waals surface area contributed by atoms with E-state index in [2.05, 4.69) is 0 Å². The van der Waals surface area contributed by atoms with E-state index in [0.29, 0.717) is 6.54 Å². The monoisotopic (exact) mass is 277 g/mol. The number of ether oxygens (including phenoxy) is 1. The summed E-state index contributed by atoms with van der Waals surface area (Å²) in [5, 5.41) is 0. The molecule has 0 amide bonds. The third-order valence-electron chi connectivity index (χ3n) is 2.76. The molecule has 0 spiro atoms. The van der Waals surface area contributed by atoms with Crippen LogP contribution in [0, 0.1) is 6.92 Å². The van der Waals surface area contributed by atoms with Crippen molar-refractivity contribution >= 4 is 11.8 Å². The number of nitrogens with two attached hydrogens (primary N) is 1. The highest BCUT2D eigenvalue weighted by Gasteiger charge is 2.01. The zero-order valence-electron chi connectivity index (χ0n) is 11.1. The van der Waals surface area contributed by atoms with Crippen LogP contribution in [0.25, 0.3) is 0 Å². The molecule has 2 N–H and O–H groups in total. The minimum Gasteiger partial charge on any atom is -0.494 e. The third kappa shape index (κ3) is 4.33. The summed E-state index contributed by atoms with van der Waals surface area (Å²) >= 11 is 1.80. The molecule has 19 heavy (non-hydrogen) atoms. The first kappa shape index (κ1) is 14.0. The van der Waals surface area contributed by atoms with Crippen molar-refractivity contribution in [1.82, 2.24) is 0 Å². The lowest BCUT2D eigenvalue weighted by Crippen LogP contribution is -2.00. The van der Waals surface area contributed by atoms with Crippen molar-refractivity contribution < 1.29 is 9.15 Å². The first-order valence-electron chi connectivity index (χ1n) is 6.38. The van der Waals surface area contributed by atoms with Gasteiger partial charge in [-0.05, 0) is 37.1 Å². The fourth-order valence-electron chi connectivity index (χ4n) is 1.72. The van der Waals surface area contributed by atoms with Gasteiger partial charge in [0, 0.05) is 17.2 Å². The molecule has 0 aliphatic carbocycles. The van der Waals surface area contributed by atoms with Gasteiger partial charge in [0.2, 0.25) is 0 Å². The number of thioether (sulfide) groups is 1. The van der Waals surface area contributed by atoms with Crippen molar-refractivity contribution in [3.63, 3.8) is 0 Å². The van der Waals surface area contributed by atoms with Gasteiger partial charge in [-0.2, -0.15) is 0 Å². The molecule has 0 saturated heterocycles. The lowest BCUT2D eigenvalue weighted by Gasteiger charge is -2.07. The highest BCUT2D eigenvalue weighted by atomic mass is 32.2. The van der Waals surface area contributed by atoms with Gasteiger partial charge in [-0.25, -0.2) is 0 Å². The molecule has 0 unspecified atom stereocenters. The minimum atomic E-state index is 0.548. The summed E-state index contributed by atoms with van der Waals surface area (Å²) in [7, 11) is 0. The van der Waals surface area contributed by atoms with Gasteiger partial charge in [0.25, 0.3) is 0 Å². The Bertz CT molecular complexity index is 510. The lowest BCUT2D eigenvalue weighted by atomic mass is 10.2. The molecule has 4 heteroatoms. The lowest BCUT2D eigenvalue weighted by molar-refractivity contribution is 0.318. The van der Waals surface area contributed by atoms with Crippen LogP contribution in [0.15, 0.2) is 45.9 Å². The van der Waals surface area contributed by atoms with Crippen molar-refractivity contribution in [2.75, 3.05) is 12.4 Å². The van der Waals surface area contributed by atoms with Crippen LogP contribution >= 0.6 is 11.8 Å². The third-order valence-corrected chi connectivity index (χ3v) is 3.99. The molecule has 0 bridgehead atoms. The molecular formula is C15H19NO2S. The second-order valence-electron chi connectivity index (χ2n) is 4.24. The summed E-state index contributed by atoms with van der Waals surface area (Å²) in [6.07, 6.45) is 2.73. The maximum absolute atomic E-state index is 5.71. The van der Waals surface area contributed by atoms with Crippen LogP contribution in [0.4, 0.5) is 0 Å². The first-order valence-corrected chi connectivity index (χ1v) is 7.37. The van der Waals surface area contributed by atoms with E-state index >= 15 is 0 Å². The molecule has 0 saturated carbocycles. The average Bonchev–Trinajstić information content (AvgIpc) is 2.84. The highest BCUT2D eigenvalue weighted by Crippen LogP contribution is 2.23. The molecule has 102 valence electrons. The number of furan rings is 1. The van der Waals surface area contributed by atoms with Gasteiger partial charge in [-0.1, -0.05) is 12.1 Å². The van der Waals surface area contributed by atoms with Crippen LogP contribution in [-0.4, -0.2) is 12.4 Å². The molecule has 2 aromatic rings. The highest BCUT2D eigenvalue weighted by molar-refractivity contribution is 7.99. The van der Waals surface area contributed by atoms with Crippen molar-refractivity contribution in [3.05, 3.63) is 47.9 Å². The van der Waals surface area contributed by atoms with E-state index in [1.165, 1.54) is 4.90 Å². The molecule has 2 rings (SSSR count). The maximum atomic E-state index is 5.71. The Morgan fingerprint density at radius 3 is 2.95 bits per heavy atom. The molecule has 1 aromatic carbocycles. The van der Waals surface area contributed by atoms with Crippen LogP contribution < -0.4 is 10.5 Å². The Morgan fingerprint density at radius 1 is 1.32 bits per heavy atom. The van der Waals surface area contributed by atoms with E-state index in [9.17, 15) is 0 Å². The Labute approximate surface area is 118 Å². The van der Waals surface area contributed by atoms with Gasteiger partial charge in [0.15, 0.2) is 0 Å². The smallest absolute Gasteiger partial charge is 0.119 e. The standard InChI is InChI=1S/C15H19NO2S/c1-12-15(6-8-17-12)19-9-3-7-18-14-5-2-4-13(10-14)11-16/h2,4-6,8,10H,3,7,9,11,16H2,1H3.